The average molecular weight is 305 g/mol. The van der Waals surface area contributed by atoms with E-state index >= 15 is 0 Å². The van der Waals surface area contributed by atoms with Crippen LogP contribution >= 0.6 is 0 Å². The van der Waals surface area contributed by atoms with Gasteiger partial charge in [-0.1, -0.05) is 13.8 Å². The van der Waals surface area contributed by atoms with Gasteiger partial charge in [0.1, 0.15) is 0 Å². The minimum atomic E-state index is -0.00882. The van der Waals surface area contributed by atoms with E-state index in [4.69, 9.17) is 0 Å². The fourth-order valence-electron chi connectivity index (χ4n) is 3.31. The van der Waals surface area contributed by atoms with Gasteiger partial charge in [0, 0.05) is 26.2 Å². The molecule has 3 heterocycles. The first-order chi connectivity index (χ1) is 10.6. The molecule has 120 valence electrons. The first-order valence-electron chi connectivity index (χ1n) is 7.95. The van der Waals surface area contributed by atoms with Gasteiger partial charge in [-0.05, 0) is 18.8 Å². The van der Waals surface area contributed by atoms with Gasteiger partial charge in [-0.3, -0.25) is 9.89 Å². The summed E-state index contributed by atoms with van der Waals surface area (Å²) in [6, 6.07) is 0.111. The lowest BCUT2D eigenvalue weighted by atomic mass is 10.0. The molecule has 7 heteroatoms. The molecule has 2 aliphatic heterocycles. The first kappa shape index (κ1) is 14.9. The maximum absolute atomic E-state index is 12.8. The highest BCUT2D eigenvalue weighted by atomic mass is 16.2. The molecule has 1 atom stereocenters. The molecule has 0 spiro atoms. The topological polar surface area (TPSA) is 81.3 Å². The predicted octanol–water partition coefficient (Wildman–Crippen LogP) is 1.16. The summed E-state index contributed by atoms with van der Waals surface area (Å²) in [7, 11) is 0. The molecule has 7 nitrogen and oxygen atoms in total. The number of nitrogens with zero attached hydrogens (tertiary/aromatic N) is 3. The van der Waals surface area contributed by atoms with Crippen LogP contribution < -0.4 is 5.32 Å². The number of urea groups is 1. The van der Waals surface area contributed by atoms with Crippen molar-refractivity contribution in [1.29, 1.82) is 0 Å². The third-order valence-electron chi connectivity index (χ3n) is 4.49. The summed E-state index contributed by atoms with van der Waals surface area (Å²) in [6.45, 7) is 6.86. The van der Waals surface area contributed by atoms with E-state index in [1.807, 2.05) is 23.6 Å². The van der Waals surface area contributed by atoms with Gasteiger partial charge >= 0.3 is 6.03 Å². The zero-order valence-electron chi connectivity index (χ0n) is 13.1. The molecule has 1 unspecified atom stereocenters. The van der Waals surface area contributed by atoms with E-state index in [1.165, 1.54) is 0 Å². The summed E-state index contributed by atoms with van der Waals surface area (Å²) in [5.41, 5.74) is 1.53. The van der Waals surface area contributed by atoms with E-state index in [9.17, 15) is 9.59 Å². The standard InChI is InChI=1S/C15H23N5O2/c1-10(2)13-12(8-17-18-13)14(21)19-6-3-4-11(9-19)20-7-5-16-15(20)22/h8,10-11H,3-7,9H2,1-2H3,(H,16,22)(H,17,18). The molecule has 2 fully saturated rings. The lowest BCUT2D eigenvalue weighted by Crippen LogP contribution is -2.50. The van der Waals surface area contributed by atoms with Gasteiger partial charge in [0.2, 0.25) is 0 Å². The van der Waals surface area contributed by atoms with Gasteiger partial charge in [0.25, 0.3) is 5.91 Å². The van der Waals surface area contributed by atoms with E-state index in [0.717, 1.165) is 31.6 Å². The number of likely N-dealkylation sites (tertiary alicyclic amines) is 1. The van der Waals surface area contributed by atoms with E-state index in [1.54, 1.807) is 6.20 Å². The summed E-state index contributed by atoms with van der Waals surface area (Å²) in [5, 5.41) is 9.78. The van der Waals surface area contributed by atoms with Crippen LogP contribution in [0.25, 0.3) is 0 Å². The van der Waals surface area contributed by atoms with Crippen LogP contribution in [0.1, 0.15) is 48.7 Å². The molecule has 3 amide bonds. The van der Waals surface area contributed by atoms with Crippen molar-refractivity contribution in [3.63, 3.8) is 0 Å². The van der Waals surface area contributed by atoms with Gasteiger partial charge in [-0.2, -0.15) is 5.10 Å². The quantitative estimate of drug-likeness (QED) is 0.879. The SMILES string of the molecule is CC(C)c1[nH]ncc1C(=O)N1CCCC(N2CCNC2=O)C1. The van der Waals surface area contributed by atoms with Crippen molar-refractivity contribution in [3.05, 3.63) is 17.5 Å². The third kappa shape index (κ3) is 2.67. The Hall–Kier alpha value is -2.05. The van der Waals surface area contributed by atoms with Crippen LogP contribution in [0.2, 0.25) is 0 Å². The minimum Gasteiger partial charge on any atom is -0.336 e. The van der Waals surface area contributed by atoms with Crippen molar-refractivity contribution in [1.82, 2.24) is 25.3 Å². The highest BCUT2D eigenvalue weighted by molar-refractivity contribution is 5.95. The Morgan fingerprint density at radius 2 is 2.23 bits per heavy atom. The summed E-state index contributed by atoms with van der Waals surface area (Å²) in [4.78, 5) is 28.3. The largest absolute Gasteiger partial charge is 0.336 e. The molecule has 1 aromatic rings. The lowest BCUT2D eigenvalue weighted by molar-refractivity contribution is 0.0633. The molecule has 2 aliphatic rings. The molecular weight excluding hydrogens is 282 g/mol. The molecule has 2 N–H and O–H groups in total. The zero-order chi connectivity index (χ0) is 15.7. The molecule has 0 saturated carbocycles. The maximum atomic E-state index is 12.8. The number of rotatable bonds is 3. The number of H-pyrrole nitrogens is 1. The zero-order valence-corrected chi connectivity index (χ0v) is 13.1. The number of hydrogen-bond donors (Lipinski definition) is 2. The van der Waals surface area contributed by atoms with E-state index in [-0.39, 0.29) is 23.9 Å². The Morgan fingerprint density at radius 1 is 1.41 bits per heavy atom. The molecule has 2 saturated heterocycles. The Kier molecular flexibility index (Phi) is 4.04. The number of amides is 3. The van der Waals surface area contributed by atoms with Gasteiger partial charge < -0.3 is 15.1 Å². The highest BCUT2D eigenvalue weighted by Crippen LogP contribution is 2.22. The fraction of sp³-hybridized carbons (Fsp3) is 0.667. The van der Waals surface area contributed by atoms with Gasteiger partial charge in [0.15, 0.2) is 0 Å². The smallest absolute Gasteiger partial charge is 0.317 e. The second-order valence-electron chi connectivity index (χ2n) is 6.32. The molecule has 0 aliphatic carbocycles. The summed E-state index contributed by atoms with van der Waals surface area (Å²) in [5.74, 6) is 0.244. The number of piperidine rings is 1. The van der Waals surface area contributed by atoms with E-state index < -0.39 is 0 Å². The molecule has 1 aromatic heterocycles. The Morgan fingerprint density at radius 3 is 2.91 bits per heavy atom. The summed E-state index contributed by atoms with van der Waals surface area (Å²) in [6.07, 6.45) is 3.50. The van der Waals surface area contributed by atoms with Crippen LogP contribution in [0, 0.1) is 0 Å². The Labute approximate surface area is 130 Å². The Bertz CT molecular complexity index is 568. The number of carbonyl (C=O) groups excluding carboxylic acids is 2. The van der Waals surface area contributed by atoms with E-state index in [2.05, 4.69) is 15.5 Å². The van der Waals surface area contributed by atoms with Crippen molar-refractivity contribution < 1.29 is 9.59 Å². The normalized spacial score (nSPS) is 22.3. The van der Waals surface area contributed by atoms with Gasteiger partial charge in [0.05, 0.1) is 23.5 Å². The number of hydrogen-bond acceptors (Lipinski definition) is 3. The lowest BCUT2D eigenvalue weighted by Gasteiger charge is -2.37. The number of nitrogens with one attached hydrogen (secondary N) is 2. The second-order valence-corrected chi connectivity index (χ2v) is 6.32. The van der Waals surface area contributed by atoms with Crippen LogP contribution in [0.15, 0.2) is 6.20 Å². The molecule has 22 heavy (non-hydrogen) atoms. The molecule has 0 bridgehead atoms. The predicted molar refractivity (Wildman–Crippen MR) is 81.7 cm³/mol. The maximum Gasteiger partial charge on any atom is 0.317 e. The van der Waals surface area contributed by atoms with Crippen molar-refractivity contribution in [2.45, 2.75) is 38.6 Å². The molecule has 0 radical (unpaired) electrons. The van der Waals surface area contributed by atoms with Gasteiger partial charge in [-0.15, -0.1) is 0 Å². The minimum absolute atomic E-state index is 0.00882. The summed E-state index contributed by atoms with van der Waals surface area (Å²) >= 11 is 0. The number of carbonyl (C=O) groups is 2. The second kappa shape index (κ2) is 5.98. The first-order valence-corrected chi connectivity index (χ1v) is 7.95. The van der Waals surface area contributed by atoms with Crippen molar-refractivity contribution in [3.8, 4) is 0 Å². The van der Waals surface area contributed by atoms with Crippen LogP contribution in [0.3, 0.4) is 0 Å². The molecule has 0 aromatic carbocycles. The highest BCUT2D eigenvalue weighted by Gasteiger charge is 2.33. The number of aromatic nitrogens is 2. The monoisotopic (exact) mass is 305 g/mol. The van der Waals surface area contributed by atoms with Crippen LogP contribution in [-0.2, 0) is 0 Å². The van der Waals surface area contributed by atoms with Crippen LogP contribution in [0.4, 0.5) is 4.79 Å². The molecule has 3 rings (SSSR count). The van der Waals surface area contributed by atoms with E-state index in [0.29, 0.717) is 18.7 Å². The van der Waals surface area contributed by atoms with Crippen LogP contribution in [0.5, 0.6) is 0 Å². The van der Waals surface area contributed by atoms with Crippen LogP contribution in [-0.4, -0.2) is 64.2 Å². The third-order valence-corrected chi connectivity index (χ3v) is 4.49. The number of aromatic amines is 1. The van der Waals surface area contributed by atoms with Crippen molar-refractivity contribution in [2.24, 2.45) is 0 Å². The summed E-state index contributed by atoms with van der Waals surface area (Å²) < 4.78 is 0. The van der Waals surface area contributed by atoms with Crippen molar-refractivity contribution >= 4 is 11.9 Å². The Balaban J connectivity index is 1.72. The fourth-order valence-corrected chi connectivity index (χ4v) is 3.31. The average Bonchev–Trinajstić information content (AvgIpc) is 3.15. The molecular formula is C15H23N5O2. The van der Waals surface area contributed by atoms with Gasteiger partial charge in [-0.25, -0.2) is 4.79 Å². The van der Waals surface area contributed by atoms with Crippen molar-refractivity contribution in [2.75, 3.05) is 26.2 Å².